The van der Waals surface area contributed by atoms with Gasteiger partial charge in [-0.2, -0.15) is 0 Å². The van der Waals surface area contributed by atoms with Gasteiger partial charge in [-0.25, -0.2) is 0 Å². The monoisotopic (exact) mass is 345 g/mol. The number of carbonyl (C=O) groups excluding carboxylic acids is 2. The van der Waals surface area contributed by atoms with Crippen LogP contribution in [-0.2, 0) is 4.79 Å². The lowest BCUT2D eigenvalue weighted by molar-refractivity contribution is -0.132. The number of hydrogen-bond acceptors (Lipinski definition) is 3. The third-order valence-corrected chi connectivity index (χ3v) is 5.10. The van der Waals surface area contributed by atoms with Crippen LogP contribution in [0.4, 0.5) is 0 Å². The van der Waals surface area contributed by atoms with Crippen molar-refractivity contribution in [3.05, 3.63) is 34.9 Å². The molecule has 1 aromatic rings. The summed E-state index contributed by atoms with van der Waals surface area (Å²) in [6.07, 6.45) is 0.905. The number of benzene rings is 1. The summed E-state index contributed by atoms with van der Waals surface area (Å²) < 4.78 is 0. The molecule has 1 aromatic carbocycles. The maximum absolute atomic E-state index is 12.8. The Hall–Kier alpha value is -1.88. The van der Waals surface area contributed by atoms with Crippen molar-refractivity contribution in [3.63, 3.8) is 0 Å². The second kappa shape index (κ2) is 8.99. The third kappa shape index (κ3) is 5.05. The average molecular weight is 345 g/mol. The zero-order chi connectivity index (χ0) is 18.4. The quantitative estimate of drug-likeness (QED) is 0.823. The summed E-state index contributed by atoms with van der Waals surface area (Å²) in [7, 11) is 0. The molecule has 1 aliphatic heterocycles. The molecule has 0 N–H and O–H groups in total. The van der Waals surface area contributed by atoms with Gasteiger partial charge in [-0.15, -0.1) is 0 Å². The average Bonchev–Trinajstić information content (AvgIpc) is 2.83. The molecule has 138 valence electrons. The van der Waals surface area contributed by atoms with Gasteiger partial charge in [0.15, 0.2) is 0 Å². The van der Waals surface area contributed by atoms with Crippen LogP contribution in [0, 0.1) is 13.8 Å². The molecule has 1 aliphatic rings. The van der Waals surface area contributed by atoms with Gasteiger partial charge < -0.3 is 9.80 Å². The third-order valence-electron chi connectivity index (χ3n) is 5.10. The summed E-state index contributed by atoms with van der Waals surface area (Å²) in [6, 6.07) is 5.90. The maximum Gasteiger partial charge on any atom is 0.253 e. The molecule has 0 spiro atoms. The molecule has 0 aliphatic carbocycles. The van der Waals surface area contributed by atoms with E-state index in [2.05, 4.69) is 11.8 Å². The van der Waals surface area contributed by atoms with Crippen molar-refractivity contribution in [1.82, 2.24) is 14.7 Å². The van der Waals surface area contributed by atoms with Crippen LogP contribution >= 0.6 is 0 Å². The summed E-state index contributed by atoms with van der Waals surface area (Å²) in [5, 5.41) is 0. The molecule has 0 saturated carbocycles. The Labute approximate surface area is 151 Å². The van der Waals surface area contributed by atoms with E-state index < -0.39 is 0 Å². The Bertz CT molecular complexity index is 611. The topological polar surface area (TPSA) is 43.9 Å². The lowest BCUT2D eigenvalue weighted by Crippen LogP contribution is -2.42. The van der Waals surface area contributed by atoms with Crippen molar-refractivity contribution in [2.24, 2.45) is 0 Å². The van der Waals surface area contributed by atoms with E-state index in [0.717, 1.165) is 50.3 Å². The molecule has 0 bridgehead atoms. The Morgan fingerprint density at radius 1 is 1.00 bits per heavy atom. The molecule has 2 rings (SSSR count). The summed E-state index contributed by atoms with van der Waals surface area (Å²) >= 11 is 0. The van der Waals surface area contributed by atoms with Crippen LogP contribution in [0.3, 0.4) is 0 Å². The first-order valence-electron chi connectivity index (χ1n) is 9.32. The van der Waals surface area contributed by atoms with Crippen LogP contribution < -0.4 is 0 Å². The lowest BCUT2D eigenvalue weighted by Gasteiger charge is -2.25. The standard InChI is InChI=1S/C20H31N3O2/c1-5-22(6-2)19(24)15-21-10-7-11-23(13-12-21)20(25)18-9-8-16(3)17(4)14-18/h8-9,14H,5-7,10-13,15H2,1-4H3. The van der Waals surface area contributed by atoms with E-state index in [1.807, 2.05) is 48.8 Å². The minimum atomic E-state index is 0.0972. The highest BCUT2D eigenvalue weighted by molar-refractivity contribution is 5.94. The van der Waals surface area contributed by atoms with Crippen LogP contribution in [0.1, 0.15) is 41.8 Å². The Kier molecular flexibility index (Phi) is 7.00. The van der Waals surface area contributed by atoms with Crippen molar-refractivity contribution in [1.29, 1.82) is 0 Å². The summed E-state index contributed by atoms with van der Waals surface area (Å²) in [5.74, 6) is 0.277. The molecular weight excluding hydrogens is 314 g/mol. The zero-order valence-electron chi connectivity index (χ0n) is 16.0. The number of likely N-dealkylation sites (N-methyl/N-ethyl adjacent to an activating group) is 1. The molecule has 1 fully saturated rings. The van der Waals surface area contributed by atoms with Crippen LogP contribution in [0.15, 0.2) is 18.2 Å². The minimum Gasteiger partial charge on any atom is -0.342 e. The highest BCUT2D eigenvalue weighted by atomic mass is 16.2. The Morgan fingerprint density at radius 3 is 2.36 bits per heavy atom. The Morgan fingerprint density at radius 2 is 1.72 bits per heavy atom. The number of rotatable bonds is 5. The molecule has 5 nitrogen and oxygen atoms in total. The first kappa shape index (κ1) is 19.4. The molecule has 0 atom stereocenters. The molecule has 0 radical (unpaired) electrons. The van der Waals surface area contributed by atoms with Gasteiger partial charge >= 0.3 is 0 Å². The second-order valence-electron chi connectivity index (χ2n) is 6.79. The SMILES string of the molecule is CCN(CC)C(=O)CN1CCCN(C(=O)c2ccc(C)c(C)c2)CC1. The van der Waals surface area contributed by atoms with Gasteiger partial charge in [0.25, 0.3) is 5.91 Å². The van der Waals surface area contributed by atoms with E-state index in [1.54, 1.807) is 0 Å². The second-order valence-corrected chi connectivity index (χ2v) is 6.79. The number of aryl methyl sites for hydroxylation is 2. The fourth-order valence-electron chi connectivity index (χ4n) is 3.26. The molecular formula is C20H31N3O2. The zero-order valence-corrected chi connectivity index (χ0v) is 16.0. The highest BCUT2D eigenvalue weighted by Gasteiger charge is 2.22. The fraction of sp³-hybridized carbons (Fsp3) is 0.600. The molecule has 1 saturated heterocycles. The predicted molar refractivity (Wildman–Crippen MR) is 101 cm³/mol. The van der Waals surface area contributed by atoms with Crippen LogP contribution in [0.5, 0.6) is 0 Å². The molecule has 25 heavy (non-hydrogen) atoms. The predicted octanol–water partition coefficient (Wildman–Crippen LogP) is 2.32. The highest BCUT2D eigenvalue weighted by Crippen LogP contribution is 2.14. The van der Waals surface area contributed by atoms with Gasteiger partial charge in [-0.3, -0.25) is 14.5 Å². The number of amides is 2. The van der Waals surface area contributed by atoms with E-state index in [4.69, 9.17) is 0 Å². The molecule has 1 heterocycles. The lowest BCUT2D eigenvalue weighted by atomic mass is 10.1. The van der Waals surface area contributed by atoms with Crippen LogP contribution in [0.2, 0.25) is 0 Å². The molecule has 0 aromatic heterocycles. The molecule has 2 amide bonds. The van der Waals surface area contributed by atoms with Gasteiger partial charge in [0.05, 0.1) is 6.54 Å². The summed E-state index contributed by atoms with van der Waals surface area (Å²) in [6.45, 7) is 13.1. The molecule has 5 heteroatoms. The minimum absolute atomic E-state index is 0.0972. The van der Waals surface area contributed by atoms with E-state index in [-0.39, 0.29) is 11.8 Å². The first-order chi connectivity index (χ1) is 12.0. The van der Waals surface area contributed by atoms with Gasteiger partial charge in [-0.1, -0.05) is 6.07 Å². The number of hydrogen-bond donors (Lipinski definition) is 0. The van der Waals surface area contributed by atoms with Gasteiger partial charge in [-0.05, 0) is 57.4 Å². The normalized spacial score (nSPS) is 15.8. The van der Waals surface area contributed by atoms with Crippen molar-refractivity contribution in [3.8, 4) is 0 Å². The van der Waals surface area contributed by atoms with E-state index in [9.17, 15) is 9.59 Å². The number of nitrogens with zero attached hydrogens (tertiary/aromatic N) is 3. The summed E-state index contributed by atoms with van der Waals surface area (Å²) in [5.41, 5.74) is 3.11. The van der Waals surface area contributed by atoms with Crippen molar-refractivity contribution in [2.45, 2.75) is 34.1 Å². The Balaban J connectivity index is 1.95. The van der Waals surface area contributed by atoms with E-state index in [1.165, 1.54) is 5.56 Å². The summed E-state index contributed by atoms with van der Waals surface area (Å²) in [4.78, 5) is 31.0. The van der Waals surface area contributed by atoms with Crippen LogP contribution in [-0.4, -0.2) is 72.3 Å². The first-order valence-corrected chi connectivity index (χ1v) is 9.32. The number of carbonyl (C=O) groups is 2. The van der Waals surface area contributed by atoms with Crippen molar-refractivity contribution < 1.29 is 9.59 Å². The van der Waals surface area contributed by atoms with Crippen molar-refractivity contribution in [2.75, 3.05) is 45.8 Å². The van der Waals surface area contributed by atoms with Crippen LogP contribution in [0.25, 0.3) is 0 Å². The van der Waals surface area contributed by atoms with E-state index >= 15 is 0 Å². The smallest absolute Gasteiger partial charge is 0.253 e. The largest absolute Gasteiger partial charge is 0.342 e. The van der Waals surface area contributed by atoms with Gasteiger partial charge in [0.2, 0.25) is 5.91 Å². The van der Waals surface area contributed by atoms with E-state index in [0.29, 0.717) is 13.1 Å². The fourth-order valence-corrected chi connectivity index (χ4v) is 3.26. The van der Waals surface area contributed by atoms with Gasteiger partial charge in [0, 0.05) is 44.8 Å². The maximum atomic E-state index is 12.8. The molecule has 0 unspecified atom stereocenters. The van der Waals surface area contributed by atoms with Crippen molar-refractivity contribution >= 4 is 11.8 Å². The van der Waals surface area contributed by atoms with Gasteiger partial charge in [0.1, 0.15) is 0 Å².